The third kappa shape index (κ3) is 3.46. The lowest BCUT2D eigenvalue weighted by Crippen LogP contribution is -2.32. The Hall–Kier alpha value is -1.07. The zero-order valence-corrected chi connectivity index (χ0v) is 12.4. The molecule has 1 aromatic rings. The fraction of sp³-hybridized carbons (Fsp3) is 0.769. The Kier molecular flexibility index (Phi) is 5.62. The minimum atomic E-state index is 0.393. The third-order valence-corrected chi connectivity index (χ3v) is 3.26. The van der Waals surface area contributed by atoms with Gasteiger partial charge in [-0.25, -0.2) is 0 Å². The average molecular weight is 254 g/mol. The first kappa shape index (κ1) is 15.0. The molecule has 0 aliphatic heterocycles. The first-order chi connectivity index (χ1) is 8.51. The zero-order chi connectivity index (χ0) is 13.7. The number of nitrogens with one attached hydrogen (secondary N) is 1. The summed E-state index contributed by atoms with van der Waals surface area (Å²) in [5.41, 5.74) is 2.36. The lowest BCUT2D eigenvalue weighted by atomic mass is 10.2. The van der Waals surface area contributed by atoms with E-state index in [9.17, 15) is 0 Å². The molecule has 0 radical (unpaired) electrons. The lowest BCUT2D eigenvalue weighted by Gasteiger charge is -2.24. The van der Waals surface area contributed by atoms with Gasteiger partial charge in [0.05, 0.1) is 12.3 Å². The van der Waals surface area contributed by atoms with E-state index in [-0.39, 0.29) is 0 Å². The van der Waals surface area contributed by atoms with E-state index in [0.29, 0.717) is 6.04 Å². The highest BCUT2D eigenvalue weighted by atomic mass is 16.5. The maximum absolute atomic E-state index is 5.20. The number of anilines is 1. The zero-order valence-electron chi connectivity index (χ0n) is 12.4. The SMILES string of the molecule is CCNc1c(CN(C)C(C)COC)c(C)nn1C. The second-order valence-electron chi connectivity index (χ2n) is 4.79. The molecular formula is C13H26N4O. The van der Waals surface area contributed by atoms with E-state index < -0.39 is 0 Å². The van der Waals surface area contributed by atoms with Crippen molar-refractivity contribution in [1.29, 1.82) is 0 Å². The van der Waals surface area contributed by atoms with Crippen LogP contribution in [0.15, 0.2) is 0 Å². The van der Waals surface area contributed by atoms with E-state index in [4.69, 9.17) is 4.74 Å². The van der Waals surface area contributed by atoms with Crippen molar-refractivity contribution in [2.75, 3.05) is 32.6 Å². The molecule has 0 saturated heterocycles. The average Bonchev–Trinajstić information content (AvgIpc) is 2.57. The number of aryl methyl sites for hydroxylation is 2. The summed E-state index contributed by atoms with van der Waals surface area (Å²) in [6.07, 6.45) is 0. The molecule has 0 fully saturated rings. The second kappa shape index (κ2) is 6.75. The van der Waals surface area contributed by atoms with Crippen LogP contribution >= 0.6 is 0 Å². The molecule has 5 heteroatoms. The topological polar surface area (TPSA) is 42.3 Å². The fourth-order valence-corrected chi connectivity index (χ4v) is 2.05. The predicted octanol–water partition coefficient (Wildman–Crippen LogP) is 1.63. The molecule has 0 spiro atoms. The molecule has 0 aliphatic rings. The number of methoxy groups -OCH3 is 1. The van der Waals surface area contributed by atoms with Crippen LogP contribution in [0.2, 0.25) is 0 Å². The lowest BCUT2D eigenvalue weighted by molar-refractivity contribution is 0.112. The molecular weight excluding hydrogens is 228 g/mol. The quantitative estimate of drug-likeness (QED) is 0.803. The summed E-state index contributed by atoms with van der Waals surface area (Å²) in [4.78, 5) is 2.29. The van der Waals surface area contributed by atoms with E-state index >= 15 is 0 Å². The van der Waals surface area contributed by atoms with Crippen LogP contribution in [0.1, 0.15) is 25.1 Å². The summed E-state index contributed by atoms with van der Waals surface area (Å²) in [5, 5.41) is 7.87. The van der Waals surface area contributed by atoms with Crippen LogP contribution in [0.25, 0.3) is 0 Å². The number of hydrogen-bond acceptors (Lipinski definition) is 4. The molecule has 0 aromatic carbocycles. The normalized spacial score (nSPS) is 13.1. The van der Waals surface area contributed by atoms with E-state index in [1.807, 2.05) is 11.7 Å². The highest BCUT2D eigenvalue weighted by Crippen LogP contribution is 2.20. The van der Waals surface area contributed by atoms with Crippen LogP contribution in [-0.4, -0.2) is 48.0 Å². The van der Waals surface area contributed by atoms with Crippen LogP contribution < -0.4 is 5.32 Å². The molecule has 1 unspecified atom stereocenters. The molecule has 1 aromatic heterocycles. The maximum Gasteiger partial charge on any atom is 0.128 e. The first-order valence-electron chi connectivity index (χ1n) is 6.46. The monoisotopic (exact) mass is 254 g/mol. The van der Waals surface area contributed by atoms with Crippen LogP contribution in [0.5, 0.6) is 0 Å². The van der Waals surface area contributed by atoms with Gasteiger partial charge in [0.2, 0.25) is 0 Å². The van der Waals surface area contributed by atoms with Gasteiger partial charge in [-0.2, -0.15) is 5.10 Å². The molecule has 104 valence electrons. The fourth-order valence-electron chi connectivity index (χ4n) is 2.05. The third-order valence-electron chi connectivity index (χ3n) is 3.26. The molecule has 1 rings (SSSR count). The summed E-state index contributed by atoms with van der Waals surface area (Å²) < 4.78 is 7.12. The van der Waals surface area contributed by atoms with Gasteiger partial charge in [0.15, 0.2) is 0 Å². The summed E-state index contributed by atoms with van der Waals surface area (Å²) in [7, 11) is 5.84. The highest BCUT2D eigenvalue weighted by Gasteiger charge is 2.17. The van der Waals surface area contributed by atoms with Crippen molar-refractivity contribution >= 4 is 5.82 Å². The first-order valence-corrected chi connectivity index (χ1v) is 6.46. The van der Waals surface area contributed by atoms with E-state index in [1.54, 1.807) is 7.11 Å². The number of hydrogen-bond donors (Lipinski definition) is 1. The van der Waals surface area contributed by atoms with E-state index in [2.05, 4.69) is 43.1 Å². The molecule has 5 nitrogen and oxygen atoms in total. The van der Waals surface area contributed by atoms with Crippen LogP contribution in [0, 0.1) is 6.92 Å². The Morgan fingerprint density at radius 1 is 1.50 bits per heavy atom. The van der Waals surface area contributed by atoms with Gasteiger partial charge in [0, 0.05) is 38.9 Å². The summed E-state index contributed by atoms with van der Waals surface area (Å²) >= 11 is 0. The number of ether oxygens (including phenoxy) is 1. The van der Waals surface area contributed by atoms with Gasteiger partial charge in [0.25, 0.3) is 0 Å². The number of likely N-dealkylation sites (N-methyl/N-ethyl adjacent to an activating group) is 1. The minimum absolute atomic E-state index is 0.393. The highest BCUT2D eigenvalue weighted by molar-refractivity contribution is 5.47. The Morgan fingerprint density at radius 3 is 2.72 bits per heavy atom. The molecule has 1 heterocycles. The van der Waals surface area contributed by atoms with Crippen LogP contribution in [-0.2, 0) is 18.3 Å². The van der Waals surface area contributed by atoms with Gasteiger partial charge < -0.3 is 10.1 Å². The Labute approximate surface area is 110 Å². The second-order valence-corrected chi connectivity index (χ2v) is 4.79. The van der Waals surface area contributed by atoms with Crippen molar-refractivity contribution in [3.05, 3.63) is 11.3 Å². The van der Waals surface area contributed by atoms with Gasteiger partial charge in [-0.3, -0.25) is 9.58 Å². The van der Waals surface area contributed by atoms with E-state index in [1.165, 1.54) is 5.56 Å². The van der Waals surface area contributed by atoms with Crippen LogP contribution in [0.3, 0.4) is 0 Å². The van der Waals surface area contributed by atoms with Gasteiger partial charge in [-0.05, 0) is 27.8 Å². The van der Waals surface area contributed by atoms with Gasteiger partial charge >= 0.3 is 0 Å². The Balaban J connectivity index is 2.82. The molecule has 0 saturated carbocycles. The van der Waals surface area contributed by atoms with Crippen LogP contribution in [0.4, 0.5) is 5.82 Å². The molecule has 18 heavy (non-hydrogen) atoms. The maximum atomic E-state index is 5.20. The van der Waals surface area contributed by atoms with Crippen molar-refractivity contribution in [2.24, 2.45) is 7.05 Å². The van der Waals surface area contributed by atoms with Gasteiger partial charge in [-0.1, -0.05) is 0 Å². The Morgan fingerprint density at radius 2 is 2.17 bits per heavy atom. The number of aromatic nitrogens is 2. The summed E-state index contributed by atoms with van der Waals surface area (Å²) in [6, 6.07) is 0.393. The summed E-state index contributed by atoms with van der Waals surface area (Å²) in [6.45, 7) is 8.86. The van der Waals surface area contributed by atoms with Gasteiger partial charge in [0.1, 0.15) is 5.82 Å². The van der Waals surface area contributed by atoms with Crippen molar-refractivity contribution < 1.29 is 4.74 Å². The number of rotatable bonds is 7. The molecule has 0 bridgehead atoms. The van der Waals surface area contributed by atoms with Crippen molar-refractivity contribution in [1.82, 2.24) is 14.7 Å². The van der Waals surface area contributed by atoms with Crippen molar-refractivity contribution in [3.8, 4) is 0 Å². The Bertz CT molecular complexity index is 375. The minimum Gasteiger partial charge on any atom is -0.383 e. The molecule has 0 amide bonds. The molecule has 0 aliphatic carbocycles. The smallest absolute Gasteiger partial charge is 0.128 e. The van der Waals surface area contributed by atoms with E-state index in [0.717, 1.165) is 31.2 Å². The molecule has 1 atom stereocenters. The van der Waals surface area contributed by atoms with Crippen molar-refractivity contribution in [3.63, 3.8) is 0 Å². The van der Waals surface area contributed by atoms with Gasteiger partial charge in [-0.15, -0.1) is 0 Å². The van der Waals surface area contributed by atoms with Crippen molar-refractivity contribution in [2.45, 2.75) is 33.4 Å². The molecule has 1 N–H and O–H groups in total. The number of nitrogens with zero attached hydrogens (tertiary/aromatic N) is 3. The predicted molar refractivity (Wildman–Crippen MR) is 74.9 cm³/mol. The summed E-state index contributed by atoms with van der Waals surface area (Å²) in [5.74, 6) is 1.12. The standard InChI is InChI=1S/C13H26N4O/c1-7-14-13-12(11(3)15-17(13)5)8-16(4)10(2)9-18-6/h10,14H,7-9H2,1-6H3. The largest absolute Gasteiger partial charge is 0.383 e.